The molecule has 0 fully saturated rings. The van der Waals surface area contributed by atoms with Gasteiger partial charge in [0.05, 0.1) is 18.4 Å². The van der Waals surface area contributed by atoms with Gasteiger partial charge in [-0.05, 0) is 62.6 Å². The number of methoxy groups -OCH3 is 1. The Morgan fingerprint density at radius 3 is 2.82 bits per heavy atom. The Morgan fingerprint density at radius 1 is 1.24 bits per heavy atom. The predicted molar refractivity (Wildman–Crippen MR) is 132 cm³/mol. The van der Waals surface area contributed by atoms with Gasteiger partial charge in [-0.3, -0.25) is 4.79 Å². The minimum Gasteiger partial charge on any atom is -0.493 e. The van der Waals surface area contributed by atoms with Gasteiger partial charge in [-0.1, -0.05) is 29.4 Å². The Kier molecular flexibility index (Phi) is 7.21. The smallest absolute Gasteiger partial charge is 0.244 e. The van der Waals surface area contributed by atoms with Crippen LogP contribution in [-0.4, -0.2) is 37.3 Å². The van der Waals surface area contributed by atoms with Crippen LogP contribution < -0.4 is 19.7 Å². The fraction of sp³-hybridized carbons (Fsp3) is 0.333. The van der Waals surface area contributed by atoms with Crippen LogP contribution in [0.3, 0.4) is 0 Å². The van der Waals surface area contributed by atoms with Gasteiger partial charge in [0.15, 0.2) is 11.5 Å². The fourth-order valence-corrected chi connectivity index (χ4v) is 4.27. The second-order valence-electron chi connectivity index (χ2n) is 8.50. The summed E-state index contributed by atoms with van der Waals surface area (Å²) in [5.41, 5.74) is 5.22. The number of amides is 1. The minimum atomic E-state index is -0.127. The summed E-state index contributed by atoms with van der Waals surface area (Å²) in [4.78, 5) is 14.7. The topological polar surface area (TPSA) is 76.8 Å². The van der Waals surface area contributed by atoms with Crippen molar-refractivity contribution in [1.29, 1.82) is 0 Å². The third-order valence-electron chi connectivity index (χ3n) is 6.17. The van der Waals surface area contributed by atoms with Crippen molar-refractivity contribution in [1.82, 2.24) is 10.5 Å². The average Bonchev–Trinajstić information content (AvgIpc) is 3.34. The number of benzene rings is 2. The van der Waals surface area contributed by atoms with E-state index in [0.29, 0.717) is 30.7 Å². The van der Waals surface area contributed by atoms with Crippen LogP contribution in [0, 0.1) is 13.8 Å². The molecule has 1 amide bonds. The highest BCUT2D eigenvalue weighted by Gasteiger charge is 2.24. The number of nitrogens with zero attached hydrogens (tertiary/aromatic N) is 2. The summed E-state index contributed by atoms with van der Waals surface area (Å²) in [6.07, 6.45) is 4.36. The minimum absolute atomic E-state index is 0.127. The van der Waals surface area contributed by atoms with Gasteiger partial charge >= 0.3 is 0 Å². The van der Waals surface area contributed by atoms with E-state index < -0.39 is 0 Å². The molecule has 178 valence electrons. The molecule has 1 aliphatic heterocycles. The number of carbonyl (C=O) groups excluding carboxylic acids is 1. The normalized spacial score (nSPS) is 14.9. The first-order chi connectivity index (χ1) is 16.5. The summed E-state index contributed by atoms with van der Waals surface area (Å²) in [6.45, 7) is 7.67. The van der Waals surface area contributed by atoms with Crippen molar-refractivity contribution in [2.24, 2.45) is 0 Å². The number of hydrogen-bond donors (Lipinski definition) is 1. The van der Waals surface area contributed by atoms with E-state index in [-0.39, 0.29) is 5.91 Å². The van der Waals surface area contributed by atoms with E-state index in [1.54, 1.807) is 19.3 Å². The number of hydrogen-bond acceptors (Lipinski definition) is 6. The van der Waals surface area contributed by atoms with Gasteiger partial charge in [0.25, 0.3) is 0 Å². The average molecular weight is 462 g/mol. The van der Waals surface area contributed by atoms with E-state index in [2.05, 4.69) is 46.6 Å². The van der Waals surface area contributed by atoms with Crippen molar-refractivity contribution < 1.29 is 18.8 Å². The molecule has 1 unspecified atom stereocenters. The zero-order chi connectivity index (χ0) is 24.1. The molecule has 1 aliphatic rings. The lowest BCUT2D eigenvalue weighted by atomic mass is 10.1. The van der Waals surface area contributed by atoms with E-state index in [4.69, 9.17) is 14.0 Å². The molecule has 1 atom stereocenters. The Balaban J connectivity index is 1.30. The quantitative estimate of drug-likeness (QED) is 0.474. The summed E-state index contributed by atoms with van der Waals surface area (Å²) in [7, 11) is 1.59. The number of aromatic nitrogens is 1. The Labute approximate surface area is 200 Å². The Morgan fingerprint density at radius 2 is 2.06 bits per heavy atom. The van der Waals surface area contributed by atoms with E-state index in [1.165, 1.54) is 11.3 Å². The Bertz CT molecular complexity index is 1160. The second kappa shape index (κ2) is 10.5. The molecule has 0 aliphatic carbocycles. The SMILES string of the molecule is COc1cc(/C=C/C(=O)NCCN2c3ccccc3CC2C)ccc1OCc1c(C)noc1C. The molecule has 7 heteroatoms. The molecule has 0 saturated heterocycles. The molecule has 1 N–H and O–H groups in total. The lowest BCUT2D eigenvalue weighted by molar-refractivity contribution is -0.116. The maximum Gasteiger partial charge on any atom is 0.244 e. The van der Waals surface area contributed by atoms with E-state index >= 15 is 0 Å². The molecule has 0 radical (unpaired) electrons. The van der Waals surface area contributed by atoms with Gasteiger partial charge in [0, 0.05) is 30.9 Å². The lowest BCUT2D eigenvalue weighted by Crippen LogP contribution is -2.37. The van der Waals surface area contributed by atoms with Crippen LogP contribution in [0.5, 0.6) is 11.5 Å². The molecular weight excluding hydrogens is 430 g/mol. The highest BCUT2D eigenvalue weighted by atomic mass is 16.5. The maximum atomic E-state index is 12.3. The zero-order valence-electron chi connectivity index (χ0n) is 20.1. The number of aryl methyl sites for hydroxylation is 2. The van der Waals surface area contributed by atoms with Crippen LogP contribution in [-0.2, 0) is 17.8 Å². The van der Waals surface area contributed by atoms with Crippen molar-refractivity contribution in [3.8, 4) is 11.5 Å². The van der Waals surface area contributed by atoms with Crippen molar-refractivity contribution in [2.45, 2.75) is 39.8 Å². The third-order valence-corrected chi connectivity index (χ3v) is 6.17. The second-order valence-corrected chi connectivity index (χ2v) is 8.50. The summed E-state index contributed by atoms with van der Waals surface area (Å²) < 4.78 is 16.6. The van der Waals surface area contributed by atoms with Crippen molar-refractivity contribution in [3.63, 3.8) is 0 Å². The summed E-state index contributed by atoms with van der Waals surface area (Å²) >= 11 is 0. The number of carbonyl (C=O) groups is 1. The molecule has 1 aromatic heterocycles. The van der Waals surface area contributed by atoms with Crippen LogP contribution in [0.15, 0.2) is 53.1 Å². The number of rotatable bonds is 9. The number of anilines is 1. The number of ether oxygens (including phenoxy) is 2. The van der Waals surface area contributed by atoms with Gasteiger partial charge in [-0.15, -0.1) is 0 Å². The fourth-order valence-electron chi connectivity index (χ4n) is 4.27. The summed E-state index contributed by atoms with van der Waals surface area (Å²) in [5.74, 6) is 1.82. The first-order valence-electron chi connectivity index (χ1n) is 11.5. The summed E-state index contributed by atoms with van der Waals surface area (Å²) in [6, 6.07) is 14.5. The molecule has 0 spiro atoms. The predicted octanol–water partition coefficient (Wildman–Crippen LogP) is 4.46. The van der Waals surface area contributed by atoms with Crippen LogP contribution in [0.1, 0.15) is 35.1 Å². The molecule has 2 heterocycles. The third kappa shape index (κ3) is 5.25. The molecule has 2 aromatic carbocycles. The number of fused-ring (bicyclic) bond motifs is 1. The van der Waals surface area contributed by atoms with Gasteiger partial charge in [-0.25, -0.2) is 0 Å². The monoisotopic (exact) mass is 461 g/mol. The molecule has 3 aromatic rings. The van der Waals surface area contributed by atoms with Gasteiger partial charge in [-0.2, -0.15) is 0 Å². The van der Waals surface area contributed by atoms with Gasteiger partial charge in [0.2, 0.25) is 5.91 Å². The molecule has 34 heavy (non-hydrogen) atoms. The van der Waals surface area contributed by atoms with Crippen molar-refractivity contribution in [2.75, 3.05) is 25.1 Å². The maximum absolute atomic E-state index is 12.3. The molecule has 4 rings (SSSR count). The molecule has 0 bridgehead atoms. The van der Waals surface area contributed by atoms with E-state index in [9.17, 15) is 4.79 Å². The van der Waals surface area contributed by atoms with Crippen LogP contribution in [0.4, 0.5) is 5.69 Å². The van der Waals surface area contributed by atoms with Crippen LogP contribution >= 0.6 is 0 Å². The molecular formula is C27H31N3O4. The number of para-hydroxylation sites is 1. The van der Waals surface area contributed by atoms with Gasteiger partial charge < -0.3 is 24.2 Å². The number of nitrogens with one attached hydrogen (secondary N) is 1. The van der Waals surface area contributed by atoms with Crippen molar-refractivity contribution >= 4 is 17.7 Å². The Hall–Kier alpha value is -3.74. The van der Waals surface area contributed by atoms with Crippen LogP contribution in [0.2, 0.25) is 0 Å². The van der Waals surface area contributed by atoms with Gasteiger partial charge in [0.1, 0.15) is 12.4 Å². The highest BCUT2D eigenvalue weighted by molar-refractivity contribution is 5.91. The summed E-state index contributed by atoms with van der Waals surface area (Å²) in [5, 5.41) is 6.93. The first-order valence-corrected chi connectivity index (χ1v) is 11.5. The van der Waals surface area contributed by atoms with E-state index in [1.807, 2.05) is 32.0 Å². The highest BCUT2D eigenvalue weighted by Crippen LogP contribution is 2.31. The molecule has 7 nitrogen and oxygen atoms in total. The standard InChI is InChI=1S/C27H31N3O4/c1-18-15-22-7-5-6-8-24(22)30(18)14-13-28-27(31)12-10-21-9-11-25(26(16-21)32-4)33-17-23-19(2)29-34-20(23)3/h5-12,16,18H,13-15,17H2,1-4H3,(H,28,31)/b12-10+. The molecule has 0 saturated carbocycles. The van der Waals surface area contributed by atoms with E-state index in [0.717, 1.165) is 35.5 Å². The van der Waals surface area contributed by atoms with Crippen LogP contribution in [0.25, 0.3) is 6.08 Å². The van der Waals surface area contributed by atoms with Crippen molar-refractivity contribution in [3.05, 3.63) is 76.7 Å². The largest absolute Gasteiger partial charge is 0.493 e. The zero-order valence-corrected chi connectivity index (χ0v) is 20.1. The lowest BCUT2D eigenvalue weighted by Gasteiger charge is -2.24. The first kappa shape index (κ1) is 23.4.